The Bertz CT molecular complexity index is 1480. The van der Waals surface area contributed by atoms with Crippen LogP contribution in [0.15, 0.2) is 91.0 Å². The van der Waals surface area contributed by atoms with E-state index in [2.05, 4.69) is 0 Å². The quantitative estimate of drug-likeness (QED) is 0.296. The molecule has 49 heavy (non-hydrogen) atoms. The summed E-state index contributed by atoms with van der Waals surface area (Å²) >= 11 is 0. The molecule has 0 unspecified atom stereocenters. The van der Waals surface area contributed by atoms with E-state index in [4.69, 9.17) is 11.5 Å². The number of amides is 5. The highest BCUT2D eigenvalue weighted by Gasteiger charge is 2.31. The Morgan fingerprint density at radius 3 is 0.898 bits per heavy atom. The molecule has 1 fully saturated rings. The lowest BCUT2D eigenvalue weighted by Gasteiger charge is -2.30. The second kappa shape index (κ2) is 19.1. The topological polar surface area (TPSA) is 154 Å². The van der Waals surface area contributed by atoms with Crippen LogP contribution < -0.4 is 11.5 Å². The Hall–Kier alpha value is -5.07. The van der Waals surface area contributed by atoms with Crippen molar-refractivity contribution in [3.63, 3.8) is 0 Å². The summed E-state index contributed by atoms with van der Waals surface area (Å²) in [4.78, 5) is 76.9. The van der Waals surface area contributed by atoms with Gasteiger partial charge in [0.25, 0.3) is 0 Å². The first kappa shape index (κ1) is 36.8. The van der Waals surface area contributed by atoms with Gasteiger partial charge in [0.15, 0.2) is 0 Å². The number of nitrogens with zero attached hydrogens (tertiary/aromatic N) is 5. The summed E-state index contributed by atoms with van der Waals surface area (Å²) in [5.74, 6) is -2.18. The molecule has 0 radical (unpaired) electrons. The summed E-state index contributed by atoms with van der Waals surface area (Å²) in [6, 6.07) is 27.8. The fourth-order valence-corrected chi connectivity index (χ4v) is 5.57. The molecule has 0 saturated carbocycles. The van der Waals surface area contributed by atoms with Crippen molar-refractivity contribution in [1.29, 1.82) is 0 Å². The van der Waals surface area contributed by atoms with Crippen molar-refractivity contribution in [2.75, 3.05) is 58.9 Å². The maximum absolute atomic E-state index is 14.1. The molecule has 1 saturated heterocycles. The van der Waals surface area contributed by atoms with Crippen molar-refractivity contribution in [1.82, 2.24) is 24.5 Å². The smallest absolute Gasteiger partial charge is 0.242 e. The minimum absolute atomic E-state index is 0.124. The molecule has 0 aliphatic carbocycles. The average molecular weight is 670 g/mol. The number of rotatable bonds is 12. The number of nitrogens with two attached hydrogens (primary N) is 2. The minimum atomic E-state index is -0.438. The average Bonchev–Trinajstić information content (AvgIpc) is 3.11. The van der Waals surface area contributed by atoms with E-state index in [-0.39, 0.29) is 65.4 Å². The van der Waals surface area contributed by atoms with Gasteiger partial charge in [-0.3, -0.25) is 24.0 Å². The molecule has 4 N–H and O–H groups in total. The normalized spacial score (nSPS) is 15.9. The van der Waals surface area contributed by atoms with Crippen molar-refractivity contribution in [2.24, 2.45) is 11.5 Å². The Kier molecular flexibility index (Phi) is 14.3. The molecule has 1 aliphatic heterocycles. The molecule has 4 rings (SSSR count). The molecule has 3 aromatic rings. The zero-order valence-electron chi connectivity index (χ0n) is 28.0. The van der Waals surface area contributed by atoms with Gasteiger partial charge in [-0.1, -0.05) is 91.0 Å². The Balaban J connectivity index is 1.75. The highest BCUT2D eigenvalue weighted by molar-refractivity contribution is 5.93. The Morgan fingerprint density at radius 1 is 0.388 bits per heavy atom. The molecular formula is C37H47N7O5. The summed E-state index contributed by atoms with van der Waals surface area (Å²) in [7, 11) is 0. The van der Waals surface area contributed by atoms with Gasteiger partial charge in [-0.05, 0) is 42.6 Å². The summed E-state index contributed by atoms with van der Waals surface area (Å²) in [5.41, 5.74) is 14.0. The summed E-state index contributed by atoms with van der Waals surface area (Å²) in [6.07, 6.45) is 0.880. The number of hydrogen-bond donors (Lipinski definition) is 2. The van der Waals surface area contributed by atoms with Crippen molar-refractivity contribution in [2.45, 2.75) is 32.5 Å². The van der Waals surface area contributed by atoms with Crippen LogP contribution in [-0.2, 0) is 43.6 Å². The van der Waals surface area contributed by atoms with Crippen LogP contribution in [0.4, 0.5) is 0 Å². The van der Waals surface area contributed by atoms with Crippen molar-refractivity contribution in [3.05, 3.63) is 108 Å². The van der Waals surface area contributed by atoms with E-state index < -0.39 is 29.5 Å². The summed E-state index contributed by atoms with van der Waals surface area (Å²) in [5, 5.41) is 0. The van der Waals surface area contributed by atoms with Crippen molar-refractivity contribution < 1.29 is 24.0 Å². The molecule has 0 aromatic heterocycles. The van der Waals surface area contributed by atoms with E-state index in [0.29, 0.717) is 25.9 Å². The molecule has 1 aliphatic rings. The second-order valence-corrected chi connectivity index (χ2v) is 12.1. The first-order valence-electron chi connectivity index (χ1n) is 16.7. The Morgan fingerprint density at radius 2 is 0.633 bits per heavy atom. The lowest BCUT2D eigenvalue weighted by molar-refractivity contribution is -0.146. The van der Waals surface area contributed by atoms with Crippen molar-refractivity contribution >= 4 is 29.5 Å². The predicted molar refractivity (Wildman–Crippen MR) is 186 cm³/mol. The van der Waals surface area contributed by atoms with Crippen LogP contribution in [0.3, 0.4) is 0 Å². The van der Waals surface area contributed by atoms with Crippen LogP contribution in [0.2, 0.25) is 0 Å². The molecule has 0 spiro atoms. The van der Waals surface area contributed by atoms with Gasteiger partial charge in [-0.2, -0.15) is 0 Å². The lowest BCUT2D eigenvalue weighted by atomic mass is 10.2. The maximum Gasteiger partial charge on any atom is 0.242 e. The van der Waals surface area contributed by atoms with Crippen LogP contribution in [0.5, 0.6) is 0 Å². The van der Waals surface area contributed by atoms with E-state index in [9.17, 15) is 24.0 Å². The van der Waals surface area contributed by atoms with Gasteiger partial charge in [0, 0.05) is 32.7 Å². The molecule has 12 nitrogen and oxygen atoms in total. The highest BCUT2D eigenvalue weighted by atomic mass is 16.2. The third kappa shape index (κ3) is 11.5. The number of carbonyl (C=O) groups is 5. The first-order valence-corrected chi connectivity index (χ1v) is 16.7. The van der Waals surface area contributed by atoms with Gasteiger partial charge < -0.3 is 36.0 Å². The SMILES string of the molecule is NCCCN1CC(=O)N(Cc2ccccc2)CC(=O)N(Cc2ccccc2)CC(=O)N(CCCN)CC(=O)N(Cc2ccccc2)CC1=O. The third-order valence-corrected chi connectivity index (χ3v) is 8.31. The third-order valence-electron chi connectivity index (χ3n) is 8.31. The zero-order valence-corrected chi connectivity index (χ0v) is 28.0. The van der Waals surface area contributed by atoms with Gasteiger partial charge in [0.1, 0.15) is 19.6 Å². The summed E-state index contributed by atoms with van der Waals surface area (Å²) in [6.45, 7) is -0.158. The first-order chi connectivity index (χ1) is 23.8. The van der Waals surface area contributed by atoms with Gasteiger partial charge in [-0.15, -0.1) is 0 Å². The number of hydrogen-bond acceptors (Lipinski definition) is 7. The number of carbonyl (C=O) groups excluding carboxylic acids is 5. The molecule has 5 amide bonds. The van der Waals surface area contributed by atoms with Crippen LogP contribution in [0, 0.1) is 0 Å². The second-order valence-electron chi connectivity index (χ2n) is 12.1. The van der Waals surface area contributed by atoms with E-state index in [1.54, 1.807) is 0 Å². The van der Waals surface area contributed by atoms with E-state index in [0.717, 1.165) is 16.7 Å². The van der Waals surface area contributed by atoms with Crippen molar-refractivity contribution in [3.8, 4) is 0 Å². The minimum Gasteiger partial charge on any atom is -0.332 e. The summed E-state index contributed by atoms with van der Waals surface area (Å²) < 4.78 is 0. The molecular weight excluding hydrogens is 622 g/mol. The van der Waals surface area contributed by atoms with Crippen LogP contribution in [-0.4, -0.2) is 113 Å². The van der Waals surface area contributed by atoms with Gasteiger partial charge in [-0.25, -0.2) is 0 Å². The lowest BCUT2D eigenvalue weighted by Crippen LogP contribution is -2.50. The van der Waals surface area contributed by atoms with Gasteiger partial charge >= 0.3 is 0 Å². The molecule has 1 heterocycles. The Labute approximate surface area is 288 Å². The fourth-order valence-electron chi connectivity index (χ4n) is 5.57. The van der Waals surface area contributed by atoms with E-state index in [1.165, 1.54) is 24.5 Å². The van der Waals surface area contributed by atoms with Gasteiger partial charge in [0.05, 0.1) is 13.1 Å². The zero-order chi connectivity index (χ0) is 35.0. The largest absolute Gasteiger partial charge is 0.332 e. The molecule has 3 aromatic carbocycles. The van der Waals surface area contributed by atoms with Crippen LogP contribution in [0.25, 0.3) is 0 Å². The van der Waals surface area contributed by atoms with Crippen LogP contribution in [0.1, 0.15) is 29.5 Å². The fraction of sp³-hybridized carbons (Fsp3) is 0.378. The molecule has 0 bridgehead atoms. The van der Waals surface area contributed by atoms with E-state index >= 15 is 0 Å². The highest BCUT2D eigenvalue weighted by Crippen LogP contribution is 2.13. The molecule has 12 heteroatoms. The maximum atomic E-state index is 14.1. The standard InChI is InChI=1S/C37H47N7O5/c38-18-10-20-40-25-35(47)42(22-30-12-4-1-5-13-30)27-33(45)41(21-11-19-39)26-36(48)44(24-32-16-8-3-9-17-32)29-37(49)43(28-34(40)46)23-31-14-6-2-7-15-31/h1-9,12-17H,10-11,18-29,38-39H2. The van der Waals surface area contributed by atoms with E-state index in [1.807, 2.05) is 91.0 Å². The monoisotopic (exact) mass is 669 g/mol. The van der Waals surface area contributed by atoms with Gasteiger partial charge in [0.2, 0.25) is 29.5 Å². The van der Waals surface area contributed by atoms with Crippen LogP contribution >= 0.6 is 0 Å². The number of benzene rings is 3. The molecule has 0 atom stereocenters. The molecule has 260 valence electrons. The predicted octanol–water partition coefficient (Wildman–Crippen LogP) is 1.44.